The Labute approximate surface area is 290 Å². The predicted octanol–water partition coefficient (Wildman–Crippen LogP) is -0.0416. The molecule has 288 valence electrons. The average molecular weight is 710 g/mol. The first-order valence-electron chi connectivity index (χ1n) is 17.7. The fourth-order valence-electron chi connectivity index (χ4n) is 5.40. The molecule has 0 radical (unpaired) electrons. The summed E-state index contributed by atoms with van der Waals surface area (Å²) in [7, 11) is 1.38. The number of carbonyl (C=O) groups is 2. The fraction of sp³-hybridized carbons (Fsp3) is 0.882. The highest BCUT2D eigenvalue weighted by Crippen LogP contribution is 2.25. The van der Waals surface area contributed by atoms with Crippen LogP contribution < -0.4 is 5.32 Å². The molecule has 0 bridgehead atoms. The van der Waals surface area contributed by atoms with Gasteiger partial charge in [0, 0.05) is 13.5 Å². The summed E-state index contributed by atoms with van der Waals surface area (Å²) in [4.78, 5) is 25.1. The number of aliphatic hydroxyl groups excluding tert-OH is 8. The van der Waals surface area contributed by atoms with Crippen LogP contribution in [-0.4, -0.2) is 147 Å². The molecule has 1 rings (SSSR count). The van der Waals surface area contributed by atoms with Crippen LogP contribution in [0.5, 0.6) is 0 Å². The number of methoxy groups -OCH3 is 1. The number of allylic oxidation sites excluding steroid dienone is 2. The smallest absolute Gasteiger partial charge is 0.306 e. The standard InChI is InChI=1S/C34H63NO14/c1-3-4-5-6-7-8-9-10-11-12-13-14-15-16-17-18-26(39)47-23(22-46-2)19-35-33(45)30(43)29(42)32(24(38)20-36)49-34-31(44)28(41)27(40)25(21-37)48-34/h10-11,23-25,27-32,34,36-38,40-44H,3-9,12-22H2,1-2H3,(H,35,45)/b11-10+/t23?,24?,25?,27-,28?,29?,30?,31-,32?,34-/m1/s1. The Kier molecular flexibility index (Phi) is 24.9. The average Bonchev–Trinajstić information content (AvgIpc) is 3.09. The largest absolute Gasteiger partial charge is 0.458 e. The monoisotopic (exact) mass is 709 g/mol. The van der Waals surface area contributed by atoms with Gasteiger partial charge in [0.25, 0.3) is 5.91 Å². The Morgan fingerprint density at radius 3 is 2.00 bits per heavy atom. The zero-order chi connectivity index (χ0) is 36.6. The van der Waals surface area contributed by atoms with Crippen molar-refractivity contribution >= 4 is 11.9 Å². The van der Waals surface area contributed by atoms with E-state index < -0.39 is 86.3 Å². The van der Waals surface area contributed by atoms with Crippen LogP contribution in [0.4, 0.5) is 0 Å². The maximum atomic E-state index is 12.7. The SMILES string of the molecule is CCCCCCCC/C=C/CCCCCCCC(=O)OC(CNC(=O)C(O)C(O)C(O[C@H]1OC(CO)[C@@H](O)C(O)[C@H]1O)C(O)CO)COC. The van der Waals surface area contributed by atoms with Crippen molar-refractivity contribution in [3.8, 4) is 0 Å². The molecule has 0 aliphatic carbocycles. The maximum absolute atomic E-state index is 12.7. The summed E-state index contributed by atoms with van der Waals surface area (Å²) in [5.74, 6) is -1.62. The molecule has 1 fully saturated rings. The van der Waals surface area contributed by atoms with E-state index in [0.29, 0.717) is 6.42 Å². The zero-order valence-electron chi connectivity index (χ0n) is 29.2. The van der Waals surface area contributed by atoms with Crippen molar-refractivity contribution in [1.82, 2.24) is 5.32 Å². The molecule has 9 N–H and O–H groups in total. The summed E-state index contributed by atoms with van der Waals surface area (Å²) in [5, 5.41) is 82.7. The quantitative estimate of drug-likeness (QED) is 0.0294. The molecule has 0 spiro atoms. The van der Waals surface area contributed by atoms with Crippen molar-refractivity contribution in [1.29, 1.82) is 0 Å². The first-order chi connectivity index (χ1) is 23.5. The van der Waals surface area contributed by atoms with Crippen molar-refractivity contribution < 1.29 is 69.4 Å². The zero-order valence-corrected chi connectivity index (χ0v) is 29.2. The molecule has 10 atom stereocenters. The van der Waals surface area contributed by atoms with E-state index in [1.165, 1.54) is 45.6 Å². The number of amides is 1. The number of unbranched alkanes of at least 4 members (excludes halogenated alkanes) is 11. The van der Waals surface area contributed by atoms with Crippen molar-refractivity contribution in [3.63, 3.8) is 0 Å². The number of carbonyl (C=O) groups excluding carboxylic acids is 2. The van der Waals surface area contributed by atoms with Gasteiger partial charge in [-0.25, -0.2) is 0 Å². The summed E-state index contributed by atoms with van der Waals surface area (Å²) in [6, 6.07) is 0. The van der Waals surface area contributed by atoms with Crippen LogP contribution in [0.15, 0.2) is 12.2 Å². The van der Waals surface area contributed by atoms with E-state index in [2.05, 4.69) is 24.4 Å². The van der Waals surface area contributed by atoms with E-state index in [-0.39, 0.29) is 19.6 Å². The summed E-state index contributed by atoms with van der Waals surface area (Å²) in [6.07, 6.45) is 1.56. The minimum absolute atomic E-state index is 0.0664. The molecule has 15 nitrogen and oxygen atoms in total. The Morgan fingerprint density at radius 1 is 0.837 bits per heavy atom. The molecule has 1 heterocycles. The van der Waals surface area contributed by atoms with E-state index in [9.17, 15) is 50.4 Å². The lowest BCUT2D eigenvalue weighted by atomic mass is 9.98. The van der Waals surface area contributed by atoms with Gasteiger partial charge in [-0.15, -0.1) is 0 Å². The molecule has 7 unspecified atom stereocenters. The van der Waals surface area contributed by atoms with Crippen LogP contribution >= 0.6 is 0 Å². The van der Waals surface area contributed by atoms with E-state index in [0.717, 1.165) is 38.5 Å². The molecular weight excluding hydrogens is 646 g/mol. The van der Waals surface area contributed by atoms with Gasteiger partial charge < -0.3 is 65.1 Å². The fourth-order valence-corrected chi connectivity index (χ4v) is 5.40. The number of ether oxygens (including phenoxy) is 4. The molecule has 15 heteroatoms. The molecule has 0 aromatic rings. The van der Waals surface area contributed by atoms with E-state index in [1.54, 1.807) is 0 Å². The topological polar surface area (TPSA) is 245 Å². The number of esters is 1. The Bertz CT molecular complexity index is 893. The molecule has 0 aromatic carbocycles. The van der Waals surface area contributed by atoms with Gasteiger partial charge in [0.15, 0.2) is 12.4 Å². The van der Waals surface area contributed by atoms with Crippen LogP contribution in [0, 0.1) is 0 Å². The number of hydrogen-bond acceptors (Lipinski definition) is 14. The van der Waals surface area contributed by atoms with Gasteiger partial charge in [-0.05, 0) is 32.1 Å². The van der Waals surface area contributed by atoms with Crippen LogP contribution in [0.2, 0.25) is 0 Å². The van der Waals surface area contributed by atoms with Crippen molar-refractivity contribution in [2.24, 2.45) is 0 Å². The highest BCUT2D eigenvalue weighted by atomic mass is 16.7. The van der Waals surface area contributed by atoms with Crippen LogP contribution in [0.3, 0.4) is 0 Å². The highest BCUT2D eigenvalue weighted by molar-refractivity contribution is 5.81. The van der Waals surface area contributed by atoms with Gasteiger partial charge in [0.2, 0.25) is 0 Å². The lowest BCUT2D eigenvalue weighted by Crippen LogP contribution is -2.62. The lowest BCUT2D eigenvalue weighted by molar-refractivity contribution is -0.326. The molecule has 1 amide bonds. The summed E-state index contributed by atoms with van der Waals surface area (Å²) in [5.41, 5.74) is 0. The minimum Gasteiger partial charge on any atom is -0.458 e. The van der Waals surface area contributed by atoms with Crippen LogP contribution in [0.25, 0.3) is 0 Å². The maximum Gasteiger partial charge on any atom is 0.306 e. The van der Waals surface area contributed by atoms with Crippen LogP contribution in [-0.2, 0) is 28.5 Å². The Morgan fingerprint density at radius 2 is 1.43 bits per heavy atom. The Hall–Kier alpha value is -1.76. The second-order valence-electron chi connectivity index (χ2n) is 12.6. The highest BCUT2D eigenvalue weighted by Gasteiger charge is 2.47. The molecule has 0 aromatic heterocycles. The van der Waals surface area contributed by atoms with Gasteiger partial charge in [-0.3, -0.25) is 9.59 Å². The third kappa shape index (κ3) is 17.8. The second kappa shape index (κ2) is 27.0. The normalized spacial score (nSPS) is 24.3. The van der Waals surface area contributed by atoms with Crippen molar-refractivity contribution in [2.45, 2.75) is 158 Å². The summed E-state index contributed by atoms with van der Waals surface area (Å²) in [6.45, 7) is 0.0901. The third-order valence-corrected chi connectivity index (χ3v) is 8.43. The number of rotatable bonds is 28. The second-order valence-corrected chi connectivity index (χ2v) is 12.6. The van der Waals surface area contributed by atoms with Gasteiger partial charge in [0.05, 0.1) is 26.4 Å². The van der Waals surface area contributed by atoms with E-state index in [1.807, 2.05) is 0 Å². The molecule has 0 saturated carbocycles. The van der Waals surface area contributed by atoms with Gasteiger partial charge in [-0.1, -0.05) is 70.4 Å². The first kappa shape index (κ1) is 45.3. The Balaban J connectivity index is 2.44. The summed E-state index contributed by atoms with van der Waals surface area (Å²) < 4.78 is 21.0. The van der Waals surface area contributed by atoms with Gasteiger partial charge >= 0.3 is 5.97 Å². The predicted molar refractivity (Wildman–Crippen MR) is 178 cm³/mol. The van der Waals surface area contributed by atoms with Crippen LogP contribution in [0.1, 0.15) is 96.8 Å². The lowest BCUT2D eigenvalue weighted by Gasteiger charge is -2.42. The van der Waals surface area contributed by atoms with Gasteiger partial charge in [0.1, 0.15) is 48.8 Å². The van der Waals surface area contributed by atoms with E-state index >= 15 is 0 Å². The third-order valence-electron chi connectivity index (χ3n) is 8.43. The molecule has 1 aliphatic rings. The molecule has 1 aliphatic heterocycles. The summed E-state index contributed by atoms with van der Waals surface area (Å²) >= 11 is 0. The first-order valence-corrected chi connectivity index (χ1v) is 17.7. The van der Waals surface area contributed by atoms with Gasteiger partial charge in [-0.2, -0.15) is 0 Å². The number of nitrogens with one attached hydrogen (secondary N) is 1. The minimum atomic E-state index is -2.24. The number of hydrogen-bond donors (Lipinski definition) is 9. The molecule has 49 heavy (non-hydrogen) atoms. The van der Waals surface area contributed by atoms with Crippen molar-refractivity contribution in [2.75, 3.05) is 33.5 Å². The number of aliphatic hydroxyl groups is 8. The molecular formula is C34H63NO14. The van der Waals surface area contributed by atoms with E-state index in [4.69, 9.17) is 18.9 Å². The van der Waals surface area contributed by atoms with Crippen molar-refractivity contribution in [3.05, 3.63) is 12.2 Å². The molecule has 1 saturated heterocycles.